The van der Waals surface area contributed by atoms with Crippen LogP contribution in [-0.4, -0.2) is 31.7 Å². The Morgan fingerprint density at radius 1 is 0.947 bits per heavy atom. The van der Waals surface area contributed by atoms with Crippen LogP contribution in [0.25, 0.3) is 39.0 Å². The summed E-state index contributed by atoms with van der Waals surface area (Å²) in [6.07, 6.45) is 7.05. The molecular formula is C32H28N2O4. The van der Waals surface area contributed by atoms with E-state index in [4.69, 9.17) is 0 Å². The van der Waals surface area contributed by atoms with Gasteiger partial charge in [0, 0.05) is 44.7 Å². The molecule has 4 aromatic rings. The Balaban J connectivity index is 1.71. The van der Waals surface area contributed by atoms with E-state index in [0.717, 1.165) is 22.2 Å². The van der Waals surface area contributed by atoms with Gasteiger partial charge in [-0.3, -0.25) is 9.59 Å². The summed E-state index contributed by atoms with van der Waals surface area (Å²) < 4.78 is 0. The van der Waals surface area contributed by atoms with Crippen molar-refractivity contribution in [2.24, 2.45) is 0 Å². The Hall–Kier alpha value is -4.84. The molecular weight excluding hydrogens is 476 g/mol. The summed E-state index contributed by atoms with van der Waals surface area (Å²) in [6, 6.07) is 12.8. The minimum Gasteiger partial charge on any atom is -0.504 e. The topological polar surface area (TPSA) is 106 Å². The third-order valence-corrected chi connectivity index (χ3v) is 7.03. The van der Waals surface area contributed by atoms with E-state index < -0.39 is 28.5 Å². The van der Waals surface area contributed by atoms with Crippen LogP contribution in [0.15, 0.2) is 91.1 Å². The number of carbonyl (C=O) groups is 2. The highest BCUT2D eigenvalue weighted by molar-refractivity contribution is 6.48. The molecule has 5 rings (SSSR count). The Morgan fingerprint density at radius 3 is 2.32 bits per heavy atom. The molecule has 0 atom stereocenters. The smallest absolute Gasteiger partial charge is 0.232 e. The minimum atomic E-state index is -0.825. The van der Waals surface area contributed by atoms with Gasteiger partial charge in [0.15, 0.2) is 11.5 Å². The number of H-pyrrole nitrogens is 2. The Morgan fingerprint density at radius 2 is 1.61 bits per heavy atom. The Bertz CT molecular complexity index is 1790. The summed E-state index contributed by atoms with van der Waals surface area (Å²) in [7, 11) is 0. The maximum atomic E-state index is 13.7. The highest BCUT2D eigenvalue weighted by Crippen LogP contribution is 2.43. The van der Waals surface area contributed by atoms with Gasteiger partial charge in [0.05, 0.1) is 16.7 Å². The lowest BCUT2D eigenvalue weighted by molar-refractivity contribution is -0.116. The molecule has 0 fully saturated rings. The lowest BCUT2D eigenvalue weighted by Crippen LogP contribution is -2.25. The predicted molar refractivity (Wildman–Crippen MR) is 153 cm³/mol. The zero-order valence-corrected chi connectivity index (χ0v) is 21.5. The fourth-order valence-corrected chi connectivity index (χ4v) is 4.90. The van der Waals surface area contributed by atoms with Crippen LogP contribution in [0.4, 0.5) is 0 Å². The van der Waals surface area contributed by atoms with Crippen LogP contribution in [0.2, 0.25) is 0 Å². The molecule has 6 heteroatoms. The molecule has 0 bridgehead atoms. The number of hydrogen-bond acceptors (Lipinski definition) is 4. The molecule has 0 unspecified atom stereocenters. The number of hydrogen-bond donors (Lipinski definition) is 4. The lowest BCUT2D eigenvalue weighted by Gasteiger charge is -2.24. The SMILES string of the molecule is C=CC(C)(C)c1[nH]c2ccccc2c1C1=C(O)C(=O)C(c2c[nH]c3c(/C=C/C(=C)C)cccc23)=C(O)C1=O. The van der Waals surface area contributed by atoms with Crippen molar-refractivity contribution in [1.82, 2.24) is 9.97 Å². The van der Waals surface area contributed by atoms with Crippen molar-refractivity contribution >= 4 is 50.6 Å². The van der Waals surface area contributed by atoms with Crippen molar-refractivity contribution in [2.45, 2.75) is 26.2 Å². The van der Waals surface area contributed by atoms with Crippen LogP contribution in [-0.2, 0) is 15.0 Å². The number of carbonyl (C=O) groups excluding carboxylic acids is 2. The van der Waals surface area contributed by atoms with Gasteiger partial charge in [-0.2, -0.15) is 0 Å². The summed E-state index contributed by atoms with van der Waals surface area (Å²) in [4.78, 5) is 33.8. The van der Waals surface area contributed by atoms with Crippen molar-refractivity contribution in [1.29, 1.82) is 0 Å². The molecule has 1 aliphatic carbocycles. The first kappa shape index (κ1) is 24.8. The molecule has 2 aromatic heterocycles. The first-order valence-corrected chi connectivity index (χ1v) is 12.2. The van der Waals surface area contributed by atoms with Gasteiger partial charge < -0.3 is 20.2 Å². The Kier molecular flexibility index (Phi) is 5.83. The molecule has 4 N–H and O–H groups in total. The molecule has 0 saturated carbocycles. The van der Waals surface area contributed by atoms with E-state index in [9.17, 15) is 19.8 Å². The third kappa shape index (κ3) is 3.73. The quantitative estimate of drug-likeness (QED) is 0.128. The van der Waals surface area contributed by atoms with Crippen molar-refractivity contribution in [3.63, 3.8) is 0 Å². The number of rotatable bonds is 6. The van der Waals surface area contributed by atoms with Gasteiger partial charge in [-0.25, -0.2) is 0 Å². The summed E-state index contributed by atoms with van der Waals surface area (Å²) in [5.74, 6) is -3.07. The second-order valence-corrected chi connectivity index (χ2v) is 10.1. The van der Waals surface area contributed by atoms with Gasteiger partial charge >= 0.3 is 0 Å². The first-order chi connectivity index (χ1) is 18.1. The minimum absolute atomic E-state index is 0.233. The first-order valence-electron chi connectivity index (χ1n) is 12.2. The number of fused-ring (bicyclic) bond motifs is 2. The number of ketones is 2. The zero-order valence-electron chi connectivity index (χ0n) is 21.5. The van der Waals surface area contributed by atoms with E-state index in [1.807, 2.05) is 63.3 Å². The number of benzene rings is 2. The number of aliphatic hydroxyl groups is 2. The molecule has 2 aromatic carbocycles. The van der Waals surface area contributed by atoms with E-state index in [-0.39, 0.29) is 11.1 Å². The lowest BCUT2D eigenvalue weighted by atomic mass is 9.80. The monoisotopic (exact) mass is 504 g/mol. The number of Topliss-reactive ketones (excluding diaryl/α,β-unsaturated/α-hetero) is 2. The molecule has 1 aliphatic rings. The van der Waals surface area contributed by atoms with E-state index in [2.05, 4.69) is 23.1 Å². The van der Waals surface area contributed by atoms with Crippen LogP contribution >= 0.6 is 0 Å². The average Bonchev–Trinajstić information content (AvgIpc) is 3.50. The standard InChI is InChI=1S/C32H28N2O4/c1-6-32(4,5)31-23(20-11-7-8-13-22(20)34-31)25-29(37)27(35)24(28(36)30(25)38)21-16-33-26-18(15-14-17(2)3)10-9-12-19(21)26/h6-16,33-35,38H,1-2H2,3-5H3/b15-14+. The van der Waals surface area contributed by atoms with E-state index in [1.54, 1.807) is 24.4 Å². The van der Waals surface area contributed by atoms with Crippen LogP contribution in [0.1, 0.15) is 43.2 Å². The van der Waals surface area contributed by atoms with Crippen LogP contribution in [0.3, 0.4) is 0 Å². The van der Waals surface area contributed by atoms with Crippen LogP contribution in [0, 0.1) is 0 Å². The van der Waals surface area contributed by atoms with Crippen LogP contribution in [0.5, 0.6) is 0 Å². The van der Waals surface area contributed by atoms with Crippen molar-refractivity contribution < 1.29 is 19.8 Å². The second kappa shape index (κ2) is 8.92. The van der Waals surface area contributed by atoms with Gasteiger partial charge in [-0.05, 0) is 18.6 Å². The van der Waals surface area contributed by atoms with E-state index in [0.29, 0.717) is 27.6 Å². The summed E-state index contributed by atoms with van der Waals surface area (Å²) >= 11 is 0. The van der Waals surface area contributed by atoms with Crippen molar-refractivity contribution in [3.8, 4) is 0 Å². The molecule has 38 heavy (non-hydrogen) atoms. The molecule has 2 heterocycles. The van der Waals surface area contributed by atoms with Gasteiger partial charge in [0.1, 0.15) is 0 Å². The summed E-state index contributed by atoms with van der Waals surface area (Å²) in [5, 5.41) is 23.7. The van der Waals surface area contributed by atoms with E-state index >= 15 is 0 Å². The maximum Gasteiger partial charge on any atom is 0.232 e. The number of nitrogens with one attached hydrogen (secondary N) is 2. The van der Waals surface area contributed by atoms with Crippen molar-refractivity contribution in [2.75, 3.05) is 0 Å². The number of allylic oxidation sites excluding steroid dienone is 5. The number of para-hydroxylation sites is 2. The fraction of sp³-hybridized carbons (Fsp3) is 0.125. The van der Waals surface area contributed by atoms with Gasteiger partial charge in [0.25, 0.3) is 0 Å². The van der Waals surface area contributed by atoms with Crippen molar-refractivity contribution in [3.05, 3.63) is 113 Å². The maximum absolute atomic E-state index is 13.7. The van der Waals surface area contributed by atoms with Gasteiger partial charge in [-0.15, -0.1) is 6.58 Å². The van der Waals surface area contributed by atoms with Gasteiger partial charge in [0.2, 0.25) is 11.6 Å². The molecule has 190 valence electrons. The fourth-order valence-electron chi connectivity index (χ4n) is 4.90. The summed E-state index contributed by atoms with van der Waals surface area (Å²) in [5.41, 5.74) is 3.38. The number of aromatic amines is 2. The normalized spacial score (nSPS) is 14.9. The average molecular weight is 505 g/mol. The predicted octanol–water partition coefficient (Wildman–Crippen LogP) is 7.09. The summed E-state index contributed by atoms with van der Waals surface area (Å²) in [6.45, 7) is 13.5. The van der Waals surface area contributed by atoms with Crippen LogP contribution < -0.4 is 0 Å². The molecule has 6 nitrogen and oxygen atoms in total. The van der Waals surface area contributed by atoms with Gasteiger partial charge in [-0.1, -0.05) is 80.6 Å². The number of aliphatic hydroxyl groups excluding tert-OH is 2. The molecule has 0 radical (unpaired) electrons. The Labute approximate surface area is 220 Å². The second-order valence-electron chi connectivity index (χ2n) is 10.1. The highest BCUT2D eigenvalue weighted by atomic mass is 16.3. The van der Waals surface area contributed by atoms with E-state index in [1.165, 1.54) is 0 Å². The largest absolute Gasteiger partial charge is 0.504 e. The molecule has 0 aliphatic heterocycles. The molecule has 0 amide bonds. The molecule has 0 saturated heterocycles. The number of aromatic nitrogens is 2. The highest BCUT2D eigenvalue weighted by Gasteiger charge is 2.40. The molecule has 0 spiro atoms. The third-order valence-electron chi connectivity index (χ3n) is 7.03. The zero-order chi connectivity index (χ0) is 27.4.